The molecule has 0 saturated heterocycles. The highest BCUT2D eigenvalue weighted by Gasteiger charge is 2.26. The molecule has 3 rings (SSSR count). The molecular formula is C20H20N4O5S2. The van der Waals surface area contributed by atoms with Crippen LogP contribution in [0.5, 0.6) is 0 Å². The van der Waals surface area contributed by atoms with Gasteiger partial charge in [-0.25, -0.2) is 4.79 Å². The zero-order valence-electron chi connectivity index (χ0n) is 17.1. The van der Waals surface area contributed by atoms with Gasteiger partial charge in [-0.15, -0.1) is 21.5 Å². The van der Waals surface area contributed by atoms with E-state index in [-0.39, 0.29) is 40.0 Å². The first-order valence-corrected chi connectivity index (χ1v) is 11.1. The predicted octanol–water partition coefficient (Wildman–Crippen LogP) is 3.37. The van der Waals surface area contributed by atoms with Gasteiger partial charge < -0.3 is 19.8 Å². The number of carbonyl (C=O) groups is 3. The molecule has 0 aliphatic rings. The van der Waals surface area contributed by atoms with Crippen LogP contribution in [0.25, 0.3) is 11.5 Å². The summed E-state index contributed by atoms with van der Waals surface area (Å²) in [7, 11) is 1.49. The average molecular weight is 461 g/mol. The van der Waals surface area contributed by atoms with Crippen molar-refractivity contribution in [2.24, 2.45) is 0 Å². The monoisotopic (exact) mass is 460 g/mol. The summed E-state index contributed by atoms with van der Waals surface area (Å²) in [5.41, 5.74) is 1.41. The van der Waals surface area contributed by atoms with Crippen LogP contribution in [0.15, 0.2) is 40.0 Å². The van der Waals surface area contributed by atoms with Crippen LogP contribution < -0.4 is 10.6 Å². The van der Waals surface area contributed by atoms with Crippen molar-refractivity contribution in [1.29, 1.82) is 0 Å². The summed E-state index contributed by atoms with van der Waals surface area (Å²) in [5, 5.41) is 13.6. The molecule has 0 unspecified atom stereocenters. The fourth-order valence-corrected chi connectivity index (χ4v) is 4.36. The van der Waals surface area contributed by atoms with E-state index in [0.717, 1.165) is 28.7 Å². The van der Waals surface area contributed by atoms with Crippen molar-refractivity contribution >= 4 is 45.9 Å². The molecular weight excluding hydrogens is 440 g/mol. The summed E-state index contributed by atoms with van der Waals surface area (Å²) in [6.07, 6.45) is 0. The van der Waals surface area contributed by atoms with Crippen molar-refractivity contribution in [3.05, 3.63) is 46.3 Å². The van der Waals surface area contributed by atoms with Gasteiger partial charge in [-0.2, -0.15) is 0 Å². The number of thioether (sulfide) groups is 1. The van der Waals surface area contributed by atoms with E-state index in [0.29, 0.717) is 16.3 Å². The third-order valence-electron chi connectivity index (χ3n) is 4.07. The summed E-state index contributed by atoms with van der Waals surface area (Å²) in [5.74, 6) is -0.997. The fraction of sp³-hybridized carbons (Fsp3) is 0.250. The van der Waals surface area contributed by atoms with Crippen molar-refractivity contribution in [3.8, 4) is 11.5 Å². The Bertz CT molecular complexity index is 1090. The Morgan fingerprint density at radius 2 is 1.94 bits per heavy atom. The smallest absolute Gasteiger partial charge is 0.341 e. The zero-order valence-corrected chi connectivity index (χ0v) is 18.7. The van der Waals surface area contributed by atoms with Crippen molar-refractivity contribution in [1.82, 2.24) is 15.5 Å². The summed E-state index contributed by atoms with van der Waals surface area (Å²) in [4.78, 5) is 37.3. The van der Waals surface area contributed by atoms with E-state index in [1.54, 1.807) is 13.8 Å². The summed E-state index contributed by atoms with van der Waals surface area (Å²) in [6, 6.07) is 9.28. The second kappa shape index (κ2) is 10.2. The van der Waals surface area contributed by atoms with Gasteiger partial charge in [0.15, 0.2) is 0 Å². The van der Waals surface area contributed by atoms with E-state index in [2.05, 4.69) is 20.8 Å². The van der Waals surface area contributed by atoms with Crippen LogP contribution in [0.3, 0.4) is 0 Å². The first kappa shape index (κ1) is 22.5. The SMILES string of the molecule is CCOC(=O)c1c(NC(=O)CSc2nnc(-c3ccccc3)o2)sc(C(=O)NC)c1C. The van der Waals surface area contributed by atoms with Crippen LogP contribution in [-0.4, -0.2) is 47.4 Å². The highest BCUT2D eigenvalue weighted by Crippen LogP contribution is 2.34. The molecule has 0 bridgehead atoms. The lowest BCUT2D eigenvalue weighted by atomic mass is 10.1. The molecule has 2 aromatic heterocycles. The van der Waals surface area contributed by atoms with Gasteiger partial charge >= 0.3 is 5.97 Å². The standard InChI is InChI=1S/C20H20N4O5S2/c1-4-28-19(27)14-11(2)15(16(26)21-3)31-18(14)22-13(25)10-30-20-24-23-17(29-20)12-8-6-5-7-9-12/h5-9H,4,10H2,1-3H3,(H,21,26)(H,22,25). The molecule has 0 aliphatic carbocycles. The number of anilines is 1. The second-order valence-corrected chi connectivity index (χ2v) is 8.08. The van der Waals surface area contributed by atoms with Crippen LogP contribution in [0.4, 0.5) is 5.00 Å². The highest BCUT2D eigenvalue weighted by atomic mass is 32.2. The van der Waals surface area contributed by atoms with Crippen LogP contribution in [-0.2, 0) is 9.53 Å². The van der Waals surface area contributed by atoms with Crippen LogP contribution in [0.2, 0.25) is 0 Å². The summed E-state index contributed by atoms with van der Waals surface area (Å²) < 4.78 is 10.6. The van der Waals surface area contributed by atoms with E-state index >= 15 is 0 Å². The molecule has 1 aromatic carbocycles. The number of hydrogen-bond donors (Lipinski definition) is 2. The van der Waals surface area contributed by atoms with Gasteiger partial charge in [0.05, 0.1) is 22.8 Å². The Labute approximate surface area is 186 Å². The van der Waals surface area contributed by atoms with Gasteiger partial charge in [-0.1, -0.05) is 30.0 Å². The van der Waals surface area contributed by atoms with Crippen molar-refractivity contribution < 1.29 is 23.5 Å². The van der Waals surface area contributed by atoms with Crippen molar-refractivity contribution in [2.75, 3.05) is 24.7 Å². The molecule has 0 saturated carbocycles. The largest absolute Gasteiger partial charge is 0.462 e. The normalized spacial score (nSPS) is 10.5. The molecule has 2 heterocycles. The van der Waals surface area contributed by atoms with E-state index in [4.69, 9.17) is 9.15 Å². The minimum atomic E-state index is -0.598. The lowest BCUT2D eigenvalue weighted by Gasteiger charge is -2.06. The van der Waals surface area contributed by atoms with Crippen molar-refractivity contribution in [2.45, 2.75) is 19.1 Å². The molecule has 2 amide bonds. The fourth-order valence-electron chi connectivity index (χ4n) is 2.64. The van der Waals surface area contributed by atoms with Crippen LogP contribution >= 0.6 is 23.1 Å². The van der Waals surface area contributed by atoms with Gasteiger partial charge in [0.25, 0.3) is 11.1 Å². The summed E-state index contributed by atoms with van der Waals surface area (Å²) in [6.45, 7) is 3.50. The number of carbonyl (C=O) groups excluding carboxylic acids is 3. The maximum absolute atomic E-state index is 12.5. The number of amides is 2. The molecule has 11 heteroatoms. The number of esters is 1. The molecule has 3 aromatic rings. The Morgan fingerprint density at radius 3 is 2.61 bits per heavy atom. The maximum Gasteiger partial charge on any atom is 0.341 e. The topological polar surface area (TPSA) is 123 Å². The molecule has 9 nitrogen and oxygen atoms in total. The van der Waals surface area contributed by atoms with E-state index in [9.17, 15) is 14.4 Å². The third-order valence-corrected chi connectivity index (χ3v) is 6.09. The maximum atomic E-state index is 12.5. The molecule has 162 valence electrons. The minimum absolute atomic E-state index is 0.0229. The predicted molar refractivity (Wildman–Crippen MR) is 117 cm³/mol. The highest BCUT2D eigenvalue weighted by molar-refractivity contribution is 7.99. The zero-order chi connectivity index (χ0) is 22.4. The number of nitrogens with zero attached hydrogens (tertiary/aromatic N) is 2. The average Bonchev–Trinajstić information content (AvgIpc) is 3.37. The number of nitrogens with one attached hydrogen (secondary N) is 2. The number of rotatable bonds is 8. The van der Waals surface area contributed by atoms with Gasteiger partial charge in [0.1, 0.15) is 5.00 Å². The Hall–Kier alpha value is -3.18. The quantitative estimate of drug-likeness (QED) is 0.387. The Balaban J connectivity index is 1.71. The van der Waals surface area contributed by atoms with Gasteiger partial charge in [0.2, 0.25) is 11.8 Å². The molecule has 0 atom stereocenters. The van der Waals surface area contributed by atoms with E-state index < -0.39 is 5.97 Å². The number of thiophene rings is 1. The Kier molecular flexibility index (Phi) is 7.42. The van der Waals surface area contributed by atoms with Gasteiger partial charge in [-0.05, 0) is 31.5 Å². The van der Waals surface area contributed by atoms with Gasteiger partial charge in [0, 0.05) is 12.6 Å². The van der Waals surface area contributed by atoms with E-state index in [1.165, 1.54) is 7.05 Å². The van der Waals surface area contributed by atoms with Crippen LogP contribution in [0.1, 0.15) is 32.5 Å². The molecule has 0 spiro atoms. The Morgan fingerprint density at radius 1 is 1.19 bits per heavy atom. The molecule has 0 radical (unpaired) electrons. The minimum Gasteiger partial charge on any atom is -0.462 e. The molecule has 0 aliphatic heterocycles. The van der Waals surface area contributed by atoms with Gasteiger partial charge in [-0.3, -0.25) is 9.59 Å². The summed E-state index contributed by atoms with van der Waals surface area (Å²) >= 11 is 2.09. The number of aromatic nitrogens is 2. The number of ether oxygens (including phenoxy) is 1. The van der Waals surface area contributed by atoms with Crippen LogP contribution in [0, 0.1) is 6.92 Å². The molecule has 31 heavy (non-hydrogen) atoms. The second-order valence-electron chi connectivity index (χ2n) is 6.14. The first-order chi connectivity index (χ1) is 14.9. The van der Waals surface area contributed by atoms with Crippen molar-refractivity contribution in [3.63, 3.8) is 0 Å². The first-order valence-electron chi connectivity index (χ1n) is 9.28. The number of hydrogen-bond acceptors (Lipinski definition) is 9. The number of benzene rings is 1. The molecule has 0 fully saturated rings. The lowest BCUT2D eigenvalue weighted by molar-refractivity contribution is -0.113. The van der Waals surface area contributed by atoms with E-state index in [1.807, 2.05) is 30.3 Å². The lowest BCUT2D eigenvalue weighted by Crippen LogP contribution is -2.18. The molecule has 2 N–H and O–H groups in total. The third kappa shape index (κ3) is 5.30.